The van der Waals surface area contributed by atoms with E-state index in [0.717, 1.165) is 11.1 Å². The van der Waals surface area contributed by atoms with Gasteiger partial charge in [-0.15, -0.1) is 0 Å². The summed E-state index contributed by atoms with van der Waals surface area (Å²) in [4.78, 5) is 15.0. The molecule has 1 atom stereocenters. The van der Waals surface area contributed by atoms with Crippen molar-refractivity contribution in [2.45, 2.75) is 13.0 Å². The van der Waals surface area contributed by atoms with Gasteiger partial charge >= 0.3 is 0 Å². The average Bonchev–Trinajstić information content (AvgIpc) is 2.85. The second-order valence-electron chi connectivity index (χ2n) is 5.31. The Balaban J connectivity index is 1.88. The molecule has 0 bridgehead atoms. The van der Waals surface area contributed by atoms with Gasteiger partial charge < -0.3 is 0 Å². The van der Waals surface area contributed by atoms with Gasteiger partial charge in [0.15, 0.2) is 0 Å². The molecule has 2 aromatic rings. The van der Waals surface area contributed by atoms with Crippen LogP contribution < -0.4 is 0 Å². The van der Waals surface area contributed by atoms with Gasteiger partial charge in [-0.1, -0.05) is 83.6 Å². The lowest BCUT2D eigenvalue weighted by molar-refractivity contribution is -0.123. The molecular weight excluding hydrogens is 381 g/mol. The number of thioether (sulfide) groups is 1. The van der Waals surface area contributed by atoms with Crippen molar-refractivity contribution >= 4 is 63.5 Å². The first kappa shape index (κ1) is 17.5. The maximum atomic E-state index is 12.8. The van der Waals surface area contributed by atoms with E-state index in [-0.39, 0.29) is 11.9 Å². The monoisotopic (exact) mass is 393 g/mol. The first-order valence-corrected chi connectivity index (χ1v) is 9.22. The van der Waals surface area contributed by atoms with Crippen LogP contribution in [0, 0.1) is 0 Å². The fraction of sp³-hybridized carbons (Fsp3) is 0.111. The highest BCUT2D eigenvalue weighted by Crippen LogP contribution is 2.38. The number of hydrogen-bond acceptors (Lipinski definition) is 3. The van der Waals surface area contributed by atoms with Gasteiger partial charge in [0.05, 0.1) is 21.0 Å². The Morgan fingerprint density at radius 1 is 1.12 bits per heavy atom. The maximum absolute atomic E-state index is 12.8. The number of amides is 1. The first-order chi connectivity index (χ1) is 11.5. The second-order valence-corrected chi connectivity index (χ2v) is 7.80. The molecule has 2 aromatic carbocycles. The van der Waals surface area contributed by atoms with Crippen LogP contribution in [-0.2, 0) is 4.79 Å². The first-order valence-electron chi connectivity index (χ1n) is 7.24. The van der Waals surface area contributed by atoms with Crippen molar-refractivity contribution < 1.29 is 4.79 Å². The fourth-order valence-electron chi connectivity index (χ4n) is 2.45. The zero-order valence-corrected chi connectivity index (χ0v) is 15.8. The minimum atomic E-state index is -0.113. The molecule has 1 fully saturated rings. The van der Waals surface area contributed by atoms with Gasteiger partial charge in [-0.2, -0.15) is 0 Å². The minimum absolute atomic E-state index is 0.0903. The van der Waals surface area contributed by atoms with Crippen LogP contribution in [-0.4, -0.2) is 15.1 Å². The molecule has 0 aliphatic carbocycles. The summed E-state index contributed by atoms with van der Waals surface area (Å²) >= 11 is 18.7. The van der Waals surface area contributed by atoms with Crippen molar-refractivity contribution in [1.82, 2.24) is 4.90 Å². The van der Waals surface area contributed by atoms with Gasteiger partial charge in [0.1, 0.15) is 4.32 Å². The second kappa shape index (κ2) is 7.28. The molecule has 122 valence electrons. The molecule has 1 heterocycles. The standard InChI is InChI=1S/C18H13Cl2NOS2/c1-11(13-5-3-2-4-6-13)21-17(22)16(24-18(21)23)10-12-7-8-14(19)15(20)9-12/h2-11H,1H3/b16-10-/t11-/m1/s1. The van der Waals surface area contributed by atoms with Crippen molar-refractivity contribution in [3.63, 3.8) is 0 Å². The predicted octanol–water partition coefficient (Wildman–Crippen LogP) is 5.96. The van der Waals surface area contributed by atoms with Crippen molar-refractivity contribution in [2.75, 3.05) is 0 Å². The number of carbonyl (C=O) groups excluding carboxylic acids is 1. The molecule has 24 heavy (non-hydrogen) atoms. The van der Waals surface area contributed by atoms with Gasteiger partial charge in [-0.25, -0.2) is 0 Å². The Morgan fingerprint density at radius 3 is 2.50 bits per heavy atom. The molecule has 1 aliphatic heterocycles. The molecular formula is C18H13Cl2NOS2. The van der Waals surface area contributed by atoms with Crippen molar-refractivity contribution in [1.29, 1.82) is 0 Å². The lowest BCUT2D eigenvalue weighted by Crippen LogP contribution is -2.30. The van der Waals surface area contributed by atoms with E-state index in [0.29, 0.717) is 19.3 Å². The molecule has 1 saturated heterocycles. The molecule has 3 rings (SSSR count). The summed E-state index contributed by atoms with van der Waals surface area (Å²) in [6.45, 7) is 1.97. The van der Waals surface area contributed by atoms with E-state index >= 15 is 0 Å². The smallest absolute Gasteiger partial charge is 0.266 e. The highest BCUT2D eigenvalue weighted by Gasteiger charge is 2.35. The lowest BCUT2D eigenvalue weighted by atomic mass is 10.1. The van der Waals surface area contributed by atoms with E-state index in [2.05, 4.69) is 0 Å². The topological polar surface area (TPSA) is 20.3 Å². The summed E-state index contributed by atoms with van der Waals surface area (Å²) < 4.78 is 0.558. The largest absolute Gasteiger partial charge is 0.286 e. The zero-order valence-electron chi connectivity index (χ0n) is 12.7. The Hall–Kier alpha value is -1.33. The van der Waals surface area contributed by atoms with Gasteiger partial charge in [0.2, 0.25) is 0 Å². The molecule has 0 unspecified atom stereocenters. The van der Waals surface area contributed by atoms with E-state index in [1.54, 1.807) is 23.1 Å². The molecule has 1 amide bonds. The molecule has 0 N–H and O–H groups in total. The van der Waals surface area contributed by atoms with Gasteiger partial charge in [0, 0.05) is 0 Å². The number of nitrogens with zero attached hydrogens (tertiary/aromatic N) is 1. The number of rotatable bonds is 3. The Bertz CT molecular complexity index is 836. The van der Waals surface area contributed by atoms with Crippen LogP contribution in [0.25, 0.3) is 6.08 Å². The number of thiocarbonyl (C=S) groups is 1. The SMILES string of the molecule is C[C@H](c1ccccc1)N1C(=O)/C(=C/c2ccc(Cl)c(Cl)c2)SC1=S. The van der Waals surface area contributed by atoms with E-state index in [1.807, 2.05) is 43.3 Å². The minimum Gasteiger partial charge on any atom is -0.286 e. The number of halogens is 2. The molecule has 0 saturated carbocycles. The third-order valence-corrected chi connectivity index (χ3v) is 5.80. The van der Waals surface area contributed by atoms with Crippen molar-refractivity contribution in [3.05, 3.63) is 74.6 Å². The van der Waals surface area contributed by atoms with Crippen LogP contribution in [0.3, 0.4) is 0 Å². The summed E-state index contributed by atoms with van der Waals surface area (Å²) in [7, 11) is 0. The normalized spacial score (nSPS) is 17.6. The van der Waals surface area contributed by atoms with Crippen molar-refractivity contribution in [2.24, 2.45) is 0 Å². The highest BCUT2D eigenvalue weighted by molar-refractivity contribution is 8.26. The average molecular weight is 394 g/mol. The summed E-state index contributed by atoms with van der Waals surface area (Å²) in [6.07, 6.45) is 1.79. The Labute approximate surface area is 160 Å². The summed E-state index contributed by atoms with van der Waals surface area (Å²) in [5, 5.41) is 0.942. The molecule has 0 radical (unpaired) electrons. The van der Waals surface area contributed by atoms with Crippen LogP contribution in [0.1, 0.15) is 24.1 Å². The zero-order chi connectivity index (χ0) is 17.3. The third kappa shape index (κ3) is 3.52. The third-order valence-electron chi connectivity index (χ3n) is 3.73. The molecule has 0 aromatic heterocycles. The quantitative estimate of drug-likeness (QED) is 0.474. The van der Waals surface area contributed by atoms with Crippen LogP contribution in [0.4, 0.5) is 0 Å². The molecule has 2 nitrogen and oxygen atoms in total. The van der Waals surface area contributed by atoms with Gasteiger partial charge in [-0.3, -0.25) is 9.69 Å². The lowest BCUT2D eigenvalue weighted by Gasteiger charge is -2.23. The van der Waals surface area contributed by atoms with Gasteiger partial charge in [-0.05, 0) is 36.3 Å². The fourth-order valence-corrected chi connectivity index (χ4v) is 4.17. The van der Waals surface area contributed by atoms with Crippen LogP contribution in [0.5, 0.6) is 0 Å². The summed E-state index contributed by atoms with van der Waals surface area (Å²) in [5.41, 5.74) is 1.86. The number of hydrogen-bond donors (Lipinski definition) is 0. The van der Waals surface area contributed by atoms with E-state index in [1.165, 1.54) is 11.8 Å². The molecule has 1 aliphatic rings. The number of benzene rings is 2. The van der Waals surface area contributed by atoms with Crippen LogP contribution in [0.15, 0.2) is 53.4 Å². The van der Waals surface area contributed by atoms with E-state index in [4.69, 9.17) is 35.4 Å². The predicted molar refractivity (Wildman–Crippen MR) is 106 cm³/mol. The van der Waals surface area contributed by atoms with Crippen LogP contribution >= 0.6 is 47.2 Å². The van der Waals surface area contributed by atoms with E-state index in [9.17, 15) is 4.79 Å². The van der Waals surface area contributed by atoms with Crippen LogP contribution in [0.2, 0.25) is 10.0 Å². The van der Waals surface area contributed by atoms with Gasteiger partial charge in [0.25, 0.3) is 5.91 Å². The Kier molecular flexibility index (Phi) is 5.30. The Morgan fingerprint density at radius 2 is 1.83 bits per heavy atom. The van der Waals surface area contributed by atoms with E-state index < -0.39 is 0 Å². The summed E-state index contributed by atoms with van der Waals surface area (Å²) in [6, 6.07) is 15.0. The molecule has 6 heteroatoms. The van der Waals surface area contributed by atoms with Crippen molar-refractivity contribution in [3.8, 4) is 0 Å². The molecule has 0 spiro atoms. The highest BCUT2D eigenvalue weighted by atomic mass is 35.5. The number of carbonyl (C=O) groups is 1. The summed E-state index contributed by atoms with van der Waals surface area (Å²) in [5.74, 6) is -0.0903. The maximum Gasteiger partial charge on any atom is 0.266 e.